The van der Waals surface area contributed by atoms with Crippen LogP contribution in [0.4, 0.5) is 5.69 Å². The first-order valence-electron chi connectivity index (χ1n) is 6.54. The smallest absolute Gasteiger partial charge is 0.228 e. The van der Waals surface area contributed by atoms with Crippen LogP contribution in [0, 0.1) is 6.92 Å². The minimum absolute atomic E-state index is 0.132. The van der Waals surface area contributed by atoms with Gasteiger partial charge in [0.15, 0.2) is 0 Å². The van der Waals surface area contributed by atoms with E-state index in [9.17, 15) is 4.79 Å². The summed E-state index contributed by atoms with van der Waals surface area (Å²) in [6.07, 6.45) is 2.92. The lowest BCUT2D eigenvalue weighted by Gasteiger charge is -2.05. The average Bonchev–Trinajstić information content (AvgIpc) is 2.79. The second-order valence-electron chi connectivity index (χ2n) is 4.64. The van der Waals surface area contributed by atoms with Gasteiger partial charge in [-0.1, -0.05) is 11.6 Å². The SMILES string of the molecule is CSCCc1nc(-c2cc(NC(C)=O)ccc2Cl)oc1C. The Kier molecular flexibility index (Phi) is 5.31. The summed E-state index contributed by atoms with van der Waals surface area (Å²) in [4.78, 5) is 15.7. The summed E-state index contributed by atoms with van der Waals surface area (Å²) >= 11 is 7.98. The van der Waals surface area contributed by atoms with Gasteiger partial charge in [0.1, 0.15) is 5.76 Å². The lowest BCUT2D eigenvalue weighted by molar-refractivity contribution is -0.114. The molecule has 1 heterocycles. The van der Waals surface area contributed by atoms with E-state index >= 15 is 0 Å². The highest BCUT2D eigenvalue weighted by Crippen LogP contribution is 2.31. The fourth-order valence-corrected chi connectivity index (χ4v) is 2.54. The molecular weight excluding hydrogens is 308 g/mol. The molecule has 21 heavy (non-hydrogen) atoms. The van der Waals surface area contributed by atoms with Crippen LogP contribution >= 0.6 is 23.4 Å². The number of oxazole rings is 1. The highest BCUT2D eigenvalue weighted by molar-refractivity contribution is 7.98. The molecule has 0 unspecified atom stereocenters. The molecule has 0 fully saturated rings. The molecule has 0 bridgehead atoms. The molecule has 0 saturated carbocycles. The molecule has 6 heteroatoms. The monoisotopic (exact) mass is 324 g/mol. The third-order valence-electron chi connectivity index (χ3n) is 2.95. The highest BCUT2D eigenvalue weighted by atomic mass is 35.5. The summed E-state index contributed by atoms with van der Waals surface area (Å²) in [6, 6.07) is 5.24. The van der Waals surface area contributed by atoms with Crippen molar-refractivity contribution >= 4 is 35.0 Å². The molecule has 1 aromatic carbocycles. The van der Waals surface area contributed by atoms with Crippen LogP contribution in [0.3, 0.4) is 0 Å². The molecule has 0 atom stereocenters. The number of benzene rings is 1. The van der Waals surface area contributed by atoms with Gasteiger partial charge < -0.3 is 9.73 Å². The van der Waals surface area contributed by atoms with Gasteiger partial charge in [-0.25, -0.2) is 4.98 Å². The number of hydrogen-bond acceptors (Lipinski definition) is 4. The number of rotatable bonds is 5. The summed E-state index contributed by atoms with van der Waals surface area (Å²) in [5.74, 6) is 2.15. The van der Waals surface area contributed by atoms with Crippen molar-refractivity contribution in [2.75, 3.05) is 17.3 Å². The molecule has 1 N–H and O–H groups in total. The molecule has 1 aromatic heterocycles. The van der Waals surface area contributed by atoms with Crippen molar-refractivity contribution in [1.29, 1.82) is 0 Å². The summed E-state index contributed by atoms with van der Waals surface area (Å²) in [5.41, 5.74) is 2.30. The molecule has 0 spiro atoms. The van der Waals surface area contributed by atoms with E-state index in [4.69, 9.17) is 16.0 Å². The number of nitrogens with zero attached hydrogens (tertiary/aromatic N) is 1. The molecule has 112 valence electrons. The van der Waals surface area contributed by atoms with Gasteiger partial charge in [0.25, 0.3) is 0 Å². The fraction of sp³-hybridized carbons (Fsp3) is 0.333. The summed E-state index contributed by atoms with van der Waals surface area (Å²) in [6.45, 7) is 3.36. The van der Waals surface area contributed by atoms with Crippen LogP contribution in [0.25, 0.3) is 11.5 Å². The van der Waals surface area contributed by atoms with Gasteiger partial charge in [-0.2, -0.15) is 11.8 Å². The van der Waals surface area contributed by atoms with Crippen LogP contribution in [0.5, 0.6) is 0 Å². The number of halogens is 1. The zero-order valence-corrected chi connectivity index (χ0v) is 13.8. The summed E-state index contributed by atoms with van der Waals surface area (Å²) in [7, 11) is 0. The van der Waals surface area contributed by atoms with Crippen molar-refractivity contribution in [2.45, 2.75) is 20.3 Å². The summed E-state index contributed by atoms with van der Waals surface area (Å²) < 4.78 is 5.72. The Morgan fingerprint density at radius 1 is 1.48 bits per heavy atom. The molecule has 0 aliphatic carbocycles. The number of nitrogens with one attached hydrogen (secondary N) is 1. The molecule has 2 rings (SSSR count). The Morgan fingerprint density at radius 3 is 2.90 bits per heavy atom. The molecule has 0 aliphatic heterocycles. The second-order valence-corrected chi connectivity index (χ2v) is 6.03. The normalized spacial score (nSPS) is 10.7. The van der Waals surface area contributed by atoms with Crippen LogP contribution in [-0.2, 0) is 11.2 Å². The molecule has 4 nitrogen and oxygen atoms in total. The lowest BCUT2D eigenvalue weighted by Crippen LogP contribution is -2.05. The topological polar surface area (TPSA) is 55.1 Å². The quantitative estimate of drug-likeness (QED) is 0.897. The standard InChI is InChI=1S/C15H17ClN2O2S/c1-9-14(6-7-21-3)18-15(20-9)12-8-11(17-10(2)19)4-5-13(12)16/h4-5,8H,6-7H2,1-3H3,(H,17,19). The number of aryl methyl sites for hydroxylation is 2. The van der Waals surface area contributed by atoms with Crippen LogP contribution in [-0.4, -0.2) is 22.9 Å². The number of thioether (sulfide) groups is 1. The van der Waals surface area contributed by atoms with Gasteiger partial charge >= 0.3 is 0 Å². The first-order chi connectivity index (χ1) is 10.0. The first-order valence-corrected chi connectivity index (χ1v) is 8.31. The Bertz CT molecular complexity index is 655. The van der Waals surface area contributed by atoms with Gasteiger partial charge in [0.05, 0.1) is 16.3 Å². The second kappa shape index (κ2) is 7.00. The maximum Gasteiger partial charge on any atom is 0.228 e. The van der Waals surface area contributed by atoms with Crippen molar-refractivity contribution in [3.05, 3.63) is 34.7 Å². The molecule has 2 aromatic rings. The van der Waals surface area contributed by atoms with E-state index in [1.54, 1.807) is 30.0 Å². The summed E-state index contributed by atoms with van der Waals surface area (Å²) in [5, 5.41) is 3.27. The zero-order valence-electron chi connectivity index (χ0n) is 12.2. The van der Waals surface area contributed by atoms with Gasteiger partial charge in [-0.05, 0) is 37.1 Å². The minimum Gasteiger partial charge on any atom is -0.441 e. The Hall–Kier alpha value is -1.46. The van der Waals surface area contributed by atoms with Crippen LogP contribution < -0.4 is 5.32 Å². The van der Waals surface area contributed by atoms with Crippen molar-refractivity contribution in [3.63, 3.8) is 0 Å². The average molecular weight is 325 g/mol. The number of aromatic nitrogens is 1. The molecule has 1 amide bonds. The predicted octanol–water partition coefficient (Wildman–Crippen LogP) is 4.17. The van der Waals surface area contributed by atoms with Crippen molar-refractivity contribution in [1.82, 2.24) is 4.98 Å². The third kappa shape index (κ3) is 4.02. The zero-order chi connectivity index (χ0) is 15.4. The van der Waals surface area contributed by atoms with E-state index in [2.05, 4.69) is 16.6 Å². The Balaban J connectivity index is 2.34. The highest BCUT2D eigenvalue weighted by Gasteiger charge is 2.14. The number of hydrogen-bond donors (Lipinski definition) is 1. The largest absolute Gasteiger partial charge is 0.441 e. The van der Waals surface area contributed by atoms with E-state index in [0.717, 1.165) is 23.6 Å². The number of carbonyl (C=O) groups is 1. The molecular formula is C15H17ClN2O2S. The number of carbonyl (C=O) groups excluding carboxylic acids is 1. The third-order valence-corrected chi connectivity index (χ3v) is 3.89. The molecule has 0 aliphatic rings. The number of amides is 1. The fourth-order valence-electron chi connectivity index (χ4n) is 1.94. The van der Waals surface area contributed by atoms with E-state index < -0.39 is 0 Å². The van der Waals surface area contributed by atoms with Gasteiger partial charge in [0, 0.05) is 19.0 Å². The van der Waals surface area contributed by atoms with E-state index in [1.807, 2.05) is 6.92 Å². The van der Waals surface area contributed by atoms with Crippen LogP contribution in [0.1, 0.15) is 18.4 Å². The van der Waals surface area contributed by atoms with Gasteiger partial charge in [0.2, 0.25) is 11.8 Å². The minimum atomic E-state index is -0.132. The van der Waals surface area contributed by atoms with Crippen molar-refractivity contribution in [2.24, 2.45) is 0 Å². The van der Waals surface area contributed by atoms with Gasteiger partial charge in [-0.3, -0.25) is 4.79 Å². The van der Waals surface area contributed by atoms with E-state index in [0.29, 0.717) is 22.2 Å². The van der Waals surface area contributed by atoms with Crippen molar-refractivity contribution < 1.29 is 9.21 Å². The molecule has 0 saturated heterocycles. The van der Waals surface area contributed by atoms with Crippen LogP contribution in [0.2, 0.25) is 5.02 Å². The Labute approximate surface area is 133 Å². The van der Waals surface area contributed by atoms with E-state index in [1.165, 1.54) is 6.92 Å². The lowest BCUT2D eigenvalue weighted by atomic mass is 10.2. The Morgan fingerprint density at radius 2 is 2.24 bits per heavy atom. The predicted molar refractivity (Wildman–Crippen MR) is 88.1 cm³/mol. The maximum atomic E-state index is 11.1. The maximum absolute atomic E-state index is 11.1. The molecule has 0 radical (unpaired) electrons. The van der Waals surface area contributed by atoms with Crippen LogP contribution in [0.15, 0.2) is 22.6 Å². The van der Waals surface area contributed by atoms with E-state index in [-0.39, 0.29) is 5.91 Å². The number of anilines is 1. The first kappa shape index (κ1) is 15.9. The van der Waals surface area contributed by atoms with Crippen molar-refractivity contribution in [3.8, 4) is 11.5 Å². The van der Waals surface area contributed by atoms with Gasteiger partial charge in [-0.15, -0.1) is 0 Å².